The molecule has 2 atom stereocenters. The van der Waals surface area contributed by atoms with Crippen molar-refractivity contribution in [1.29, 1.82) is 0 Å². The number of carbonyl (C=O) groups is 1. The fraction of sp³-hybridized carbons (Fsp3) is 0.533. The average molecular weight is 315 g/mol. The Morgan fingerprint density at radius 3 is 3.05 bits per heavy atom. The fourth-order valence-corrected chi connectivity index (χ4v) is 2.83. The molecule has 1 aliphatic rings. The number of likely N-dealkylation sites (N-methyl/N-ethyl adjacent to an activating group) is 1. The summed E-state index contributed by atoms with van der Waals surface area (Å²) in [6.07, 6.45) is 1.35. The molecule has 6 heteroatoms. The minimum atomic E-state index is -0.648. The molecule has 1 aromatic rings. The molecule has 21 heavy (non-hydrogen) atoms. The Morgan fingerprint density at radius 1 is 1.62 bits per heavy atom. The quantitative estimate of drug-likeness (QED) is 0.907. The number of ether oxygens (including phenoxy) is 1. The van der Waals surface area contributed by atoms with Crippen molar-refractivity contribution in [2.45, 2.75) is 31.9 Å². The van der Waals surface area contributed by atoms with Gasteiger partial charge in [-0.3, -0.25) is 4.79 Å². The molecule has 1 fully saturated rings. The molecular weight excluding hydrogens is 295 g/mol. The molecule has 1 heterocycles. The second-order valence-electron chi connectivity index (χ2n) is 5.22. The van der Waals surface area contributed by atoms with Crippen LogP contribution in [0.15, 0.2) is 18.2 Å². The Kier molecular flexibility index (Phi) is 5.42. The van der Waals surface area contributed by atoms with E-state index in [0.717, 1.165) is 25.9 Å². The predicted octanol–water partition coefficient (Wildman–Crippen LogP) is 2.46. The van der Waals surface area contributed by atoms with Crippen molar-refractivity contribution in [1.82, 2.24) is 10.2 Å². The lowest BCUT2D eigenvalue weighted by molar-refractivity contribution is -0.138. The highest BCUT2D eigenvalue weighted by atomic mass is 35.5. The van der Waals surface area contributed by atoms with Crippen LogP contribution in [-0.2, 0) is 4.79 Å². The molecule has 0 radical (unpaired) electrons. The minimum absolute atomic E-state index is 0.0619. The molecule has 1 aromatic carbocycles. The molecular formula is C15H20ClFN2O2. The van der Waals surface area contributed by atoms with Crippen LogP contribution in [0.25, 0.3) is 0 Å². The van der Waals surface area contributed by atoms with Crippen LogP contribution in [0, 0.1) is 5.82 Å². The molecule has 0 spiro atoms. The standard InChI is InChI=1S/C15H20ClFN2O2/c1-10(21-14-6-5-11(17)8-13(14)16)15(20)19-7-3-4-12(19)9-18-2/h5-6,8,10,12,18H,3-4,7,9H2,1-2H3. The summed E-state index contributed by atoms with van der Waals surface area (Å²) in [6.45, 7) is 3.21. The molecule has 1 aliphatic heterocycles. The van der Waals surface area contributed by atoms with Crippen LogP contribution in [0.1, 0.15) is 19.8 Å². The number of hydrogen-bond acceptors (Lipinski definition) is 3. The normalized spacial score (nSPS) is 19.6. The fourth-order valence-electron chi connectivity index (χ4n) is 2.62. The van der Waals surface area contributed by atoms with Crippen LogP contribution in [0.5, 0.6) is 5.75 Å². The van der Waals surface area contributed by atoms with E-state index in [2.05, 4.69) is 5.32 Å². The van der Waals surface area contributed by atoms with E-state index in [0.29, 0.717) is 5.75 Å². The zero-order valence-corrected chi connectivity index (χ0v) is 13.0. The van der Waals surface area contributed by atoms with Crippen molar-refractivity contribution >= 4 is 17.5 Å². The second kappa shape index (κ2) is 7.09. The molecule has 1 saturated heterocycles. The van der Waals surface area contributed by atoms with Crippen LogP contribution in [0.2, 0.25) is 5.02 Å². The van der Waals surface area contributed by atoms with Crippen molar-refractivity contribution < 1.29 is 13.9 Å². The number of nitrogens with zero attached hydrogens (tertiary/aromatic N) is 1. The van der Waals surface area contributed by atoms with Gasteiger partial charge in [-0.05, 0) is 45.0 Å². The van der Waals surface area contributed by atoms with Gasteiger partial charge in [0.15, 0.2) is 6.10 Å². The Hall–Kier alpha value is -1.33. The van der Waals surface area contributed by atoms with Gasteiger partial charge in [-0.25, -0.2) is 4.39 Å². The highest BCUT2D eigenvalue weighted by Gasteiger charge is 2.31. The van der Waals surface area contributed by atoms with Crippen LogP contribution >= 0.6 is 11.6 Å². The van der Waals surface area contributed by atoms with Crippen LogP contribution in [0.4, 0.5) is 4.39 Å². The lowest BCUT2D eigenvalue weighted by atomic mass is 10.2. The highest BCUT2D eigenvalue weighted by molar-refractivity contribution is 6.32. The smallest absolute Gasteiger partial charge is 0.263 e. The van der Waals surface area contributed by atoms with Gasteiger partial charge in [-0.15, -0.1) is 0 Å². The molecule has 0 saturated carbocycles. The summed E-state index contributed by atoms with van der Waals surface area (Å²) >= 11 is 5.92. The number of nitrogens with one attached hydrogen (secondary N) is 1. The number of amides is 1. The van der Waals surface area contributed by atoms with Gasteiger partial charge in [-0.2, -0.15) is 0 Å². The van der Waals surface area contributed by atoms with Gasteiger partial charge in [0.25, 0.3) is 5.91 Å². The number of rotatable bonds is 5. The number of benzene rings is 1. The third-order valence-electron chi connectivity index (χ3n) is 3.65. The largest absolute Gasteiger partial charge is 0.479 e. The third-order valence-corrected chi connectivity index (χ3v) is 3.94. The van der Waals surface area contributed by atoms with E-state index < -0.39 is 11.9 Å². The maximum Gasteiger partial charge on any atom is 0.263 e. The van der Waals surface area contributed by atoms with Gasteiger partial charge in [0.1, 0.15) is 11.6 Å². The summed E-state index contributed by atoms with van der Waals surface area (Å²) in [5.41, 5.74) is 0. The SMILES string of the molecule is CNCC1CCCN1C(=O)C(C)Oc1ccc(F)cc1Cl. The minimum Gasteiger partial charge on any atom is -0.479 e. The maximum atomic E-state index is 13.0. The van der Waals surface area contributed by atoms with E-state index in [9.17, 15) is 9.18 Å². The van der Waals surface area contributed by atoms with Crippen molar-refractivity contribution in [2.24, 2.45) is 0 Å². The molecule has 0 aliphatic carbocycles. The van der Waals surface area contributed by atoms with Crippen molar-refractivity contribution in [2.75, 3.05) is 20.1 Å². The van der Waals surface area contributed by atoms with E-state index >= 15 is 0 Å². The van der Waals surface area contributed by atoms with E-state index in [1.807, 2.05) is 11.9 Å². The summed E-state index contributed by atoms with van der Waals surface area (Å²) < 4.78 is 18.6. The number of carbonyl (C=O) groups excluding carboxylic acids is 1. The molecule has 4 nitrogen and oxygen atoms in total. The summed E-state index contributed by atoms with van der Waals surface area (Å²) in [5.74, 6) is -0.170. The van der Waals surface area contributed by atoms with Crippen molar-refractivity contribution in [3.05, 3.63) is 29.0 Å². The molecule has 116 valence electrons. The first-order valence-corrected chi connectivity index (χ1v) is 7.47. The average Bonchev–Trinajstić information content (AvgIpc) is 2.89. The highest BCUT2D eigenvalue weighted by Crippen LogP contribution is 2.27. The number of halogens is 2. The Labute approximate surface area is 129 Å². The van der Waals surface area contributed by atoms with Gasteiger partial charge in [0.05, 0.1) is 5.02 Å². The van der Waals surface area contributed by atoms with Crippen LogP contribution in [-0.4, -0.2) is 43.1 Å². The van der Waals surface area contributed by atoms with Gasteiger partial charge in [-0.1, -0.05) is 11.6 Å². The van der Waals surface area contributed by atoms with Gasteiger partial charge in [0, 0.05) is 19.1 Å². The van der Waals surface area contributed by atoms with E-state index in [4.69, 9.17) is 16.3 Å². The van der Waals surface area contributed by atoms with Gasteiger partial charge < -0.3 is 15.0 Å². The summed E-state index contributed by atoms with van der Waals surface area (Å²) in [7, 11) is 1.87. The summed E-state index contributed by atoms with van der Waals surface area (Å²) in [4.78, 5) is 14.3. The van der Waals surface area contributed by atoms with Crippen LogP contribution < -0.4 is 10.1 Å². The summed E-state index contributed by atoms with van der Waals surface area (Å²) in [6, 6.07) is 4.08. The van der Waals surface area contributed by atoms with E-state index in [-0.39, 0.29) is 17.0 Å². The maximum absolute atomic E-state index is 13.0. The number of hydrogen-bond donors (Lipinski definition) is 1. The van der Waals surface area contributed by atoms with E-state index in [1.165, 1.54) is 18.2 Å². The Balaban J connectivity index is 2.02. The Morgan fingerprint density at radius 2 is 2.38 bits per heavy atom. The Bertz CT molecular complexity index is 512. The number of likely N-dealkylation sites (tertiary alicyclic amines) is 1. The van der Waals surface area contributed by atoms with Gasteiger partial charge in [0.2, 0.25) is 0 Å². The lowest BCUT2D eigenvalue weighted by Gasteiger charge is -2.27. The molecule has 2 rings (SSSR count). The van der Waals surface area contributed by atoms with Gasteiger partial charge >= 0.3 is 0 Å². The third kappa shape index (κ3) is 3.86. The van der Waals surface area contributed by atoms with E-state index in [1.54, 1.807) is 6.92 Å². The lowest BCUT2D eigenvalue weighted by Crippen LogP contribution is -2.46. The first-order chi connectivity index (χ1) is 10.0. The summed E-state index contributed by atoms with van der Waals surface area (Å²) in [5, 5.41) is 3.27. The van der Waals surface area contributed by atoms with Crippen molar-refractivity contribution in [3.8, 4) is 5.75 Å². The monoisotopic (exact) mass is 314 g/mol. The molecule has 1 amide bonds. The first-order valence-electron chi connectivity index (χ1n) is 7.09. The zero-order chi connectivity index (χ0) is 15.4. The second-order valence-corrected chi connectivity index (χ2v) is 5.63. The van der Waals surface area contributed by atoms with Crippen molar-refractivity contribution in [3.63, 3.8) is 0 Å². The molecule has 0 bridgehead atoms. The topological polar surface area (TPSA) is 41.6 Å². The first kappa shape index (κ1) is 16.0. The molecule has 0 aromatic heterocycles. The zero-order valence-electron chi connectivity index (χ0n) is 12.2. The predicted molar refractivity (Wildman–Crippen MR) is 80.2 cm³/mol. The molecule has 2 unspecified atom stereocenters. The molecule has 1 N–H and O–H groups in total. The van der Waals surface area contributed by atoms with Crippen LogP contribution in [0.3, 0.4) is 0 Å².